The van der Waals surface area contributed by atoms with Crippen LogP contribution in [0.5, 0.6) is 0 Å². The van der Waals surface area contributed by atoms with Gasteiger partial charge in [0.1, 0.15) is 0 Å². The normalized spacial score (nSPS) is 12.5. The first-order chi connectivity index (χ1) is 9.45. The number of anilines is 1. The standard InChI is InChI=1S/C15H19Br2N3/c1-5-20-11(4)14(10(3)19-20)9(2)18-15-12(16)7-6-8-13(15)17/h6-9,18H,5H2,1-4H3. The molecule has 0 amide bonds. The molecule has 0 spiro atoms. The molecule has 108 valence electrons. The van der Waals surface area contributed by atoms with Crippen LogP contribution in [0, 0.1) is 13.8 Å². The molecule has 0 aliphatic carbocycles. The number of rotatable bonds is 4. The number of aryl methyl sites for hydroxylation is 2. The summed E-state index contributed by atoms with van der Waals surface area (Å²) in [7, 11) is 0. The molecule has 20 heavy (non-hydrogen) atoms. The Morgan fingerprint density at radius 3 is 2.35 bits per heavy atom. The third-order valence-electron chi connectivity index (χ3n) is 3.49. The first-order valence-electron chi connectivity index (χ1n) is 6.70. The van der Waals surface area contributed by atoms with E-state index in [1.165, 1.54) is 11.3 Å². The molecule has 0 aliphatic heterocycles. The van der Waals surface area contributed by atoms with Crippen LogP contribution in [0.1, 0.15) is 36.8 Å². The Morgan fingerprint density at radius 2 is 1.85 bits per heavy atom. The van der Waals surface area contributed by atoms with Gasteiger partial charge in [-0.1, -0.05) is 6.07 Å². The highest BCUT2D eigenvalue weighted by atomic mass is 79.9. The lowest BCUT2D eigenvalue weighted by Crippen LogP contribution is -2.10. The van der Waals surface area contributed by atoms with E-state index < -0.39 is 0 Å². The lowest BCUT2D eigenvalue weighted by atomic mass is 10.1. The zero-order valence-corrected chi connectivity index (χ0v) is 15.3. The van der Waals surface area contributed by atoms with E-state index in [0.717, 1.165) is 26.9 Å². The summed E-state index contributed by atoms with van der Waals surface area (Å²) in [5, 5.41) is 8.16. The third-order valence-corrected chi connectivity index (χ3v) is 4.82. The Kier molecular flexibility index (Phi) is 4.91. The molecule has 1 aromatic carbocycles. The van der Waals surface area contributed by atoms with Gasteiger partial charge in [0, 0.05) is 26.7 Å². The van der Waals surface area contributed by atoms with Crippen LogP contribution in [0.15, 0.2) is 27.1 Å². The summed E-state index contributed by atoms with van der Waals surface area (Å²) < 4.78 is 4.16. The average Bonchev–Trinajstić information content (AvgIpc) is 2.68. The molecule has 0 fully saturated rings. The number of hydrogen-bond donors (Lipinski definition) is 1. The second-order valence-corrected chi connectivity index (χ2v) is 6.57. The molecule has 2 aromatic rings. The van der Waals surface area contributed by atoms with Gasteiger partial charge in [-0.25, -0.2) is 0 Å². The number of para-hydroxylation sites is 1. The van der Waals surface area contributed by atoms with Gasteiger partial charge in [-0.3, -0.25) is 4.68 Å². The van der Waals surface area contributed by atoms with Gasteiger partial charge in [-0.05, 0) is 71.7 Å². The van der Waals surface area contributed by atoms with Crippen molar-refractivity contribution in [3.8, 4) is 0 Å². The minimum atomic E-state index is 0.199. The topological polar surface area (TPSA) is 29.9 Å². The summed E-state index contributed by atoms with van der Waals surface area (Å²) in [4.78, 5) is 0. The first kappa shape index (κ1) is 15.6. The van der Waals surface area contributed by atoms with Crippen LogP contribution in [0.2, 0.25) is 0 Å². The molecule has 0 radical (unpaired) electrons. The molecule has 5 heteroatoms. The Bertz CT molecular complexity index is 600. The second-order valence-electron chi connectivity index (χ2n) is 4.86. The summed E-state index contributed by atoms with van der Waals surface area (Å²) in [6.45, 7) is 9.39. The first-order valence-corrected chi connectivity index (χ1v) is 8.28. The molecule has 0 saturated heterocycles. The fourth-order valence-corrected chi connectivity index (χ4v) is 3.80. The quantitative estimate of drug-likeness (QED) is 0.762. The van der Waals surface area contributed by atoms with Gasteiger partial charge in [-0.2, -0.15) is 5.10 Å². The van der Waals surface area contributed by atoms with E-state index in [4.69, 9.17) is 0 Å². The van der Waals surface area contributed by atoms with Crippen LogP contribution in [-0.2, 0) is 6.54 Å². The van der Waals surface area contributed by atoms with Crippen LogP contribution in [0.25, 0.3) is 0 Å². The number of benzene rings is 1. The van der Waals surface area contributed by atoms with Gasteiger partial charge >= 0.3 is 0 Å². The molecule has 1 heterocycles. The lowest BCUT2D eigenvalue weighted by Gasteiger charge is -2.18. The maximum atomic E-state index is 4.59. The smallest absolute Gasteiger partial charge is 0.0649 e. The van der Waals surface area contributed by atoms with E-state index in [9.17, 15) is 0 Å². The highest BCUT2D eigenvalue weighted by molar-refractivity contribution is 9.11. The SMILES string of the molecule is CCn1nc(C)c(C(C)Nc2c(Br)cccc2Br)c1C. The number of hydrogen-bond acceptors (Lipinski definition) is 2. The number of nitrogens with one attached hydrogen (secondary N) is 1. The van der Waals surface area contributed by atoms with Crippen molar-refractivity contribution in [3.63, 3.8) is 0 Å². The van der Waals surface area contributed by atoms with Crippen molar-refractivity contribution in [1.29, 1.82) is 0 Å². The predicted octanol–water partition coefficient (Wildman–Crippen LogP) is 5.22. The van der Waals surface area contributed by atoms with Gasteiger partial charge in [0.15, 0.2) is 0 Å². The fourth-order valence-electron chi connectivity index (χ4n) is 2.57. The van der Waals surface area contributed by atoms with Crippen LogP contribution < -0.4 is 5.32 Å². The van der Waals surface area contributed by atoms with Crippen LogP contribution >= 0.6 is 31.9 Å². The summed E-state index contributed by atoms with van der Waals surface area (Å²) in [5.41, 5.74) is 4.67. The van der Waals surface area contributed by atoms with E-state index >= 15 is 0 Å². The van der Waals surface area contributed by atoms with E-state index in [1.54, 1.807) is 0 Å². The van der Waals surface area contributed by atoms with Gasteiger partial charge < -0.3 is 5.32 Å². The maximum absolute atomic E-state index is 4.59. The fraction of sp³-hybridized carbons (Fsp3) is 0.400. The summed E-state index contributed by atoms with van der Waals surface area (Å²) in [6.07, 6.45) is 0. The molecule has 1 N–H and O–H groups in total. The van der Waals surface area contributed by atoms with Gasteiger partial charge in [0.2, 0.25) is 0 Å². The van der Waals surface area contributed by atoms with Gasteiger partial charge in [-0.15, -0.1) is 0 Å². The van der Waals surface area contributed by atoms with Crippen molar-refractivity contribution in [2.45, 2.75) is 40.3 Å². The Labute approximate surface area is 137 Å². The summed E-state index contributed by atoms with van der Waals surface area (Å²) in [5.74, 6) is 0. The molecular formula is C15H19Br2N3. The zero-order chi connectivity index (χ0) is 14.9. The molecule has 1 atom stereocenters. The highest BCUT2D eigenvalue weighted by Gasteiger charge is 2.18. The lowest BCUT2D eigenvalue weighted by molar-refractivity contribution is 0.632. The van der Waals surface area contributed by atoms with Crippen molar-refractivity contribution < 1.29 is 0 Å². The summed E-state index contributed by atoms with van der Waals surface area (Å²) in [6, 6.07) is 6.28. The molecule has 1 aromatic heterocycles. The minimum absolute atomic E-state index is 0.199. The Morgan fingerprint density at radius 1 is 1.25 bits per heavy atom. The van der Waals surface area contributed by atoms with Crippen molar-refractivity contribution >= 4 is 37.5 Å². The number of halogens is 2. The van der Waals surface area contributed by atoms with E-state index in [-0.39, 0.29) is 6.04 Å². The van der Waals surface area contributed by atoms with Crippen LogP contribution in [0.4, 0.5) is 5.69 Å². The van der Waals surface area contributed by atoms with E-state index in [1.807, 2.05) is 18.2 Å². The van der Waals surface area contributed by atoms with Crippen molar-refractivity contribution in [1.82, 2.24) is 9.78 Å². The molecule has 2 rings (SSSR count). The van der Waals surface area contributed by atoms with Crippen LogP contribution in [0.3, 0.4) is 0 Å². The minimum Gasteiger partial charge on any atom is -0.377 e. The molecule has 1 unspecified atom stereocenters. The maximum Gasteiger partial charge on any atom is 0.0649 e. The zero-order valence-electron chi connectivity index (χ0n) is 12.2. The van der Waals surface area contributed by atoms with E-state index in [2.05, 4.69) is 74.7 Å². The molecule has 3 nitrogen and oxygen atoms in total. The number of nitrogens with zero attached hydrogens (tertiary/aromatic N) is 2. The number of aromatic nitrogens is 2. The van der Waals surface area contributed by atoms with Crippen molar-refractivity contribution in [2.75, 3.05) is 5.32 Å². The largest absolute Gasteiger partial charge is 0.377 e. The van der Waals surface area contributed by atoms with Gasteiger partial charge in [0.25, 0.3) is 0 Å². The molecule has 0 aliphatic rings. The third kappa shape index (κ3) is 2.93. The Balaban J connectivity index is 2.33. The van der Waals surface area contributed by atoms with E-state index in [0.29, 0.717) is 0 Å². The molecule has 0 saturated carbocycles. The second kappa shape index (κ2) is 6.31. The molecular weight excluding hydrogens is 382 g/mol. The molecule has 0 bridgehead atoms. The predicted molar refractivity (Wildman–Crippen MR) is 91.3 cm³/mol. The highest BCUT2D eigenvalue weighted by Crippen LogP contribution is 2.34. The van der Waals surface area contributed by atoms with Crippen LogP contribution in [-0.4, -0.2) is 9.78 Å². The van der Waals surface area contributed by atoms with Gasteiger partial charge in [0.05, 0.1) is 17.4 Å². The monoisotopic (exact) mass is 399 g/mol. The Hall–Kier alpha value is -0.810. The summed E-state index contributed by atoms with van der Waals surface area (Å²) >= 11 is 7.18. The van der Waals surface area contributed by atoms with Crippen molar-refractivity contribution in [2.24, 2.45) is 0 Å². The van der Waals surface area contributed by atoms with Crippen molar-refractivity contribution in [3.05, 3.63) is 44.1 Å². The average molecular weight is 401 g/mol.